The lowest BCUT2D eigenvalue weighted by Crippen LogP contribution is -2.36. The Hall–Kier alpha value is -2.67. The van der Waals surface area contributed by atoms with Gasteiger partial charge in [0.25, 0.3) is 0 Å². The van der Waals surface area contributed by atoms with Crippen molar-refractivity contribution in [3.63, 3.8) is 0 Å². The molecule has 4 N–H and O–H groups in total. The third-order valence-corrected chi connectivity index (χ3v) is 8.96. The molecule has 3 atom stereocenters. The maximum Gasteiger partial charge on any atom is 0.315 e. The molecule has 12 heteroatoms. The zero-order chi connectivity index (χ0) is 30.7. The summed E-state index contributed by atoms with van der Waals surface area (Å²) >= 11 is 1.92. The van der Waals surface area contributed by atoms with E-state index in [0.717, 1.165) is 50.7 Å². The zero-order valence-corrected chi connectivity index (χ0v) is 25.8. The van der Waals surface area contributed by atoms with E-state index in [1.807, 2.05) is 11.8 Å². The fourth-order valence-electron chi connectivity index (χ4n) is 5.02. The van der Waals surface area contributed by atoms with Gasteiger partial charge in [-0.05, 0) is 50.7 Å². The number of carbonyl (C=O) groups is 4. The number of urea groups is 1. The van der Waals surface area contributed by atoms with E-state index in [-0.39, 0.29) is 30.5 Å². The number of nitrogen functional groups attached to an aromatic ring is 1. The van der Waals surface area contributed by atoms with E-state index in [1.165, 1.54) is 6.07 Å². The molecule has 3 unspecified atom stereocenters. The minimum Gasteiger partial charge on any atom is -0.486 e. The molecule has 2 aliphatic rings. The molecule has 2 saturated heterocycles. The molecule has 3 rings (SSSR count). The van der Waals surface area contributed by atoms with Crippen molar-refractivity contribution in [2.75, 3.05) is 57.7 Å². The zero-order valence-electron chi connectivity index (χ0n) is 25.0. The van der Waals surface area contributed by atoms with Crippen LogP contribution in [-0.2, 0) is 23.8 Å². The highest BCUT2D eigenvalue weighted by Gasteiger charge is 2.42. The first-order chi connectivity index (χ1) is 21.0. The Morgan fingerprint density at radius 1 is 0.860 bits per heavy atom. The van der Waals surface area contributed by atoms with Gasteiger partial charge in [-0.1, -0.05) is 6.42 Å². The minimum absolute atomic E-state index is 0.00353. The molecule has 1 aromatic rings. The van der Waals surface area contributed by atoms with Gasteiger partial charge in [-0.3, -0.25) is 14.4 Å². The van der Waals surface area contributed by atoms with Gasteiger partial charge in [-0.15, -0.1) is 0 Å². The number of unbranched alkanes of at least 4 members (excludes halogenated alkanes) is 3. The van der Waals surface area contributed by atoms with E-state index in [2.05, 4.69) is 10.6 Å². The highest BCUT2D eigenvalue weighted by molar-refractivity contribution is 8.00. The lowest BCUT2D eigenvalue weighted by atomic mass is 10.0. The summed E-state index contributed by atoms with van der Waals surface area (Å²) in [5.41, 5.74) is 6.45. The number of amides is 2. The van der Waals surface area contributed by atoms with Crippen LogP contribution in [-0.4, -0.2) is 93.2 Å². The van der Waals surface area contributed by atoms with Crippen molar-refractivity contribution in [3.05, 3.63) is 23.8 Å². The van der Waals surface area contributed by atoms with Crippen LogP contribution in [0.3, 0.4) is 0 Å². The van der Waals surface area contributed by atoms with Crippen molar-refractivity contribution in [1.82, 2.24) is 10.6 Å². The number of carbonyl (C=O) groups excluding carboxylic acids is 4. The molecule has 0 aromatic heterocycles. The van der Waals surface area contributed by atoms with Gasteiger partial charge >= 0.3 is 6.03 Å². The van der Waals surface area contributed by atoms with Crippen molar-refractivity contribution in [3.8, 4) is 5.75 Å². The average Bonchev–Trinajstić information content (AvgIpc) is 3.55. The highest BCUT2D eigenvalue weighted by atomic mass is 32.2. The Morgan fingerprint density at radius 2 is 1.49 bits per heavy atom. The van der Waals surface area contributed by atoms with Gasteiger partial charge in [0, 0.05) is 60.8 Å². The quantitative estimate of drug-likeness (QED) is 0.0637. The van der Waals surface area contributed by atoms with Crippen LogP contribution in [0.4, 0.5) is 10.5 Å². The molecule has 2 aliphatic heterocycles. The number of anilines is 1. The normalized spacial score (nSPS) is 19.1. The second-order valence-corrected chi connectivity index (χ2v) is 12.2. The first kappa shape index (κ1) is 34.8. The van der Waals surface area contributed by atoms with E-state index in [4.69, 9.17) is 24.7 Å². The molecule has 0 bridgehead atoms. The van der Waals surface area contributed by atoms with E-state index in [9.17, 15) is 19.2 Å². The molecule has 1 aromatic carbocycles. The van der Waals surface area contributed by atoms with Crippen LogP contribution >= 0.6 is 11.8 Å². The molecule has 0 radical (unpaired) electrons. The number of hydrogen-bond acceptors (Lipinski definition) is 10. The summed E-state index contributed by atoms with van der Waals surface area (Å²) in [6.07, 6.45) is 8.51. The topological polar surface area (TPSA) is 155 Å². The molecule has 2 heterocycles. The third-order valence-electron chi connectivity index (χ3n) is 7.45. The number of nitrogens with one attached hydrogen (secondary N) is 2. The number of fused-ring (bicyclic) bond motifs is 1. The molecular formula is C31H47N3O8S. The van der Waals surface area contributed by atoms with Gasteiger partial charge in [-0.2, -0.15) is 11.8 Å². The Kier molecular flexibility index (Phi) is 16.5. The summed E-state index contributed by atoms with van der Waals surface area (Å²) in [4.78, 5) is 46.4. The predicted molar refractivity (Wildman–Crippen MR) is 166 cm³/mol. The first-order valence-electron chi connectivity index (χ1n) is 15.4. The molecule has 2 fully saturated rings. The molecule has 2 amide bonds. The van der Waals surface area contributed by atoms with Crippen molar-refractivity contribution in [2.45, 2.75) is 81.5 Å². The number of Topliss-reactive ketones (excluding diaryl/α,β-unsaturated/α-hetero) is 2. The van der Waals surface area contributed by atoms with Gasteiger partial charge in [0.05, 0.1) is 38.5 Å². The minimum atomic E-state index is -0.0511. The fraction of sp³-hybridized carbons (Fsp3) is 0.677. The number of nitrogens with two attached hydrogens (primary N) is 1. The maximum atomic E-state index is 12.1. The SMILES string of the molecule is Nc1cc(OCC(=O)CCCCOCCOCCOCCCCC(=O)CCCCC2SCC3NC(=O)NC32)ccc1C=O. The van der Waals surface area contributed by atoms with Crippen LogP contribution in [0.2, 0.25) is 0 Å². The number of benzene rings is 1. The lowest BCUT2D eigenvalue weighted by molar-refractivity contribution is -0.121. The second-order valence-electron chi connectivity index (χ2n) is 10.9. The highest BCUT2D eigenvalue weighted by Crippen LogP contribution is 2.33. The Bertz CT molecular complexity index is 1030. The summed E-state index contributed by atoms with van der Waals surface area (Å²) < 4.78 is 22.1. The van der Waals surface area contributed by atoms with Crippen molar-refractivity contribution in [2.24, 2.45) is 0 Å². The summed E-state index contributed by atoms with van der Waals surface area (Å²) in [7, 11) is 0. The van der Waals surface area contributed by atoms with Gasteiger partial charge in [0.15, 0.2) is 12.1 Å². The van der Waals surface area contributed by atoms with Crippen LogP contribution in [0.1, 0.15) is 74.6 Å². The van der Waals surface area contributed by atoms with Crippen LogP contribution in [0.25, 0.3) is 0 Å². The van der Waals surface area contributed by atoms with Gasteiger partial charge in [0.1, 0.15) is 18.1 Å². The van der Waals surface area contributed by atoms with Gasteiger partial charge < -0.3 is 35.3 Å². The Labute approximate surface area is 258 Å². The molecule has 0 aliphatic carbocycles. The molecule has 240 valence electrons. The average molecular weight is 622 g/mol. The van der Waals surface area contributed by atoms with Crippen molar-refractivity contribution < 1.29 is 38.1 Å². The molecule has 0 spiro atoms. The molecular weight excluding hydrogens is 574 g/mol. The van der Waals surface area contributed by atoms with Gasteiger partial charge in [-0.25, -0.2) is 4.79 Å². The number of hydrogen-bond donors (Lipinski definition) is 3. The Morgan fingerprint density at radius 3 is 2.14 bits per heavy atom. The molecule has 11 nitrogen and oxygen atoms in total. The summed E-state index contributed by atoms with van der Waals surface area (Å²) in [6, 6.07) is 5.17. The smallest absolute Gasteiger partial charge is 0.315 e. The van der Waals surface area contributed by atoms with E-state index >= 15 is 0 Å². The van der Waals surface area contributed by atoms with Gasteiger partial charge in [0.2, 0.25) is 0 Å². The van der Waals surface area contributed by atoms with E-state index in [1.54, 1.807) is 12.1 Å². The standard InChI is InChI=1S/C31H47N3O8S/c32-27-19-26(12-11-23(27)20-35)42-21-25(37)9-4-6-14-40-16-18-41-17-15-39-13-5-3-8-24(36)7-1-2-10-29-30-28(22-43-29)33-31(38)34-30/h11-12,19-20,28-30H,1-10,13-18,21-22,32H2,(H2,33,34,38). The third kappa shape index (κ3) is 13.7. The second kappa shape index (κ2) is 20.3. The Balaban J connectivity index is 1.01. The van der Waals surface area contributed by atoms with E-state index < -0.39 is 0 Å². The number of ether oxygens (including phenoxy) is 4. The summed E-state index contributed by atoms with van der Waals surface area (Å²) in [6.45, 7) is 3.16. The maximum absolute atomic E-state index is 12.1. The number of ketones is 2. The predicted octanol–water partition coefficient (Wildman–Crippen LogP) is 3.71. The van der Waals surface area contributed by atoms with Crippen molar-refractivity contribution in [1.29, 1.82) is 0 Å². The lowest BCUT2D eigenvalue weighted by Gasteiger charge is -2.16. The van der Waals surface area contributed by atoms with Crippen LogP contribution < -0.4 is 21.1 Å². The van der Waals surface area contributed by atoms with E-state index in [0.29, 0.717) is 93.2 Å². The van der Waals surface area contributed by atoms with Crippen LogP contribution in [0, 0.1) is 0 Å². The number of rotatable bonds is 25. The van der Waals surface area contributed by atoms with Crippen molar-refractivity contribution >= 4 is 41.3 Å². The number of thioether (sulfide) groups is 1. The molecule has 43 heavy (non-hydrogen) atoms. The van der Waals surface area contributed by atoms with Crippen LogP contribution in [0.5, 0.6) is 5.75 Å². The largest absolute Gasteiger partial charge is 0.486 e. The fourth-order valence-corrected chi connectivity index (χ4v) is 6.56. The monoisotopic (exact) mass is 621 g/mol. The summed E-state index contributed by atoms with van der Waals surface area (Å²) in [5, 5.41) is 6.43. The number of aldehydes is 1. The first-order valence-corrected chi connectivity index (χ1v) is 16.4. The summed E-state index contributed by atoms with van der Waals surface area (Å²) in [5.74, 6) is 1.76. The van der Waals surface area contributed by atoms with Crippen LogP contribution in [0.15, 0.2) is 18.2 Å². The molecule has 0 saturated carbocycles.